The summed E-state index contributed by atoms with van der Waals surface area (Å²) in [6.45, 7) is 1.63. The molecule has 0 aliphatic heterocycles. The van der Waals surface area contributed by atoms with Crippen LogP contribution in [0, 0.1) is 0 Å². The van der Waals surface area contributed by atoms with Crippen molar-refractivity contribution in [1.29, 1.82) is 0 Å². The van der Waals surface area contributed by atoms with Gasteiger partial charge in [-0.05, 0) is 64.2 Å². The molecule has 3 nitrogen and oxygen atoms in total. The van der Waals surface area contributed by atoms with Crippen LogP contribution in [0.3, 0.4) is 0 Å². The Morgan fingerprint density at radius 3 is 1.21 bits per heavy atom. The minimum absolute atomic E-state index is 0.151. The highest BCUT2D eigenvalue weighted by atomic mass is 15.1. The lowest BCUT2D eigenvalue weighted by atomic mass is 9.85. The number of nitrogens with one attached hydrogen (secondary N) is 2. The maximum absolute atomic E-state index is 3.55. The van der Waals surface area contributed by atoms with Crippen LogP contribution >= 0.6 is 0 Å². The number of rotatable bonds is 10. The highest BCUT2D eigenvalue weighted by Crippen LogP contribution is 2.34. The van der Waals surface area contributed by atoms with E-state index in [4.69, 9.17) is 0 Å². The van der Waals surface area contributed by atoms with Crippen LogP contribution in [0.15, 0.2) is 133 Å². The van der Waals surface area contributed by atoms with E-state index in [1.165, 1.54) is 33.5 Å². The number of hydrogen-bond donors (Lipinski definition) is 2. The van der Waals surface area contributed by atoms with E-state index < -0.39 is 0 Å². The predicted octanol–water partition coefficient (Wildman–Crippen LogP) is 8.16. The third kappa shape index (κ3) is 6.43. The summed E-state index contributed by atoms with van der Waals surface area (Å²) in [5, 5.41) is 7.10. The van der Waals surface area contributed by atoms with E-state index in [-0.39, 0.29) is 5.92 Å². The molecule has 0 amide bonds. The van der Waals surface area contributed by atoms with Gasteiger partial charge in [-0.1, -0.05) is 97.1 Å². The monoisotopic (exact) mass is 497 g/mol. The molecule has 0 aromatic heterocycles. The van der Waals surface area contributed by atoms with Crippen molar-refractivity contribution in [2.75, 3.05) is 29.6 Å². The Morgan fingerprint density at radius 1 is 0.474 bits per heavy atom. The van der Waals surface area contributed by atoms with E-state index in [0.717, 1.165) is 24.5 Å². The molecule has 3 heteroatoms. The van der Waals surface area contributed by atoms with Crippen LogP contribution in [0.5, 0.6) is 0 Å². The minimum atomic E-state index is 0.151. The van der Waals surface area contributed by atoms with E-state index >= 15 is 0 Å². The van der Waals surface area contributed by atoms with Gasteiger partial charge in [-0.15, -0.1) is 0 Å². The highest BCUT2D eigenvalue weighted by molar-refractivity contribution is 5.55. The molecule has 0 heterocycles. The van der Waals surface area contributed by atoms with Crippen molar-refractivity contribution >= 4 is 17.1 Å². The van der Waals surface area contributed by atoms with Gasteiger partial charge in [0.05, 0.1) is 0 Å². The summed E-state index contributed by atoms with van der Waals surface area (Å²) in [4.78, 5) is 2.14. The normalized spacial score (nSPS) is 10.8. The minimum Gasteiger partial charge on any atom is -0.381 e. The van der Waals surface area contributed by atoms with Gasteiger partial charge in [0, 0.05) is 50.2 Å². The molecular formula is C35H35N3. The summed E-state index contributed by atoms with van der Waals surface area (Å²) in [5.41, 5.74) is 9.84. The molecular weight excluding hydrogens is 462 g/mol. The topological polar surface area (TPSA) is 27.3 Å². The third-order valence-electron chi connectivity index (χ3n) is 6.91. The van der Waals surface area contributed by atoms with E-state index in [9.17, 15) is 0 Å². The Bertz CT molecular complexity index is 1310. The van der Waals surface area contributed by atoms with Gasteiger partial charge in [-0.2, -0.15) is 0 Å². The lowest BCUT2D eigenvalue weighted by Gasteiger charge is -2.21. The molecule has 0 radical (unpaired) electrons. The van der Waals surface area contributed by atoms with E-state index in [2.05, 4.69) is 163 Å². The predicted molar refractivity (Wildman–Crippen MR) is 162 cm³/mol. The fourth-order valence-electron chi connectivity index (χ4n) is 4.73. The van der Waals surface area contributed by atoms with Crippen molar-refractivity contribution in [2.45, 2.75) is 19.0 Å². The van der Waals surface area contributed by atoms with Crippen LogP contribution in [0.4, 0.5) is 17.1 Å². The van der Waals surface area contributed by atoms with Crippen molar-refractivity contribution in [1.82, 2.24) is 0 Å². The molecule has 5 aromatic rings. The maximum atomic E-state index is 3.55. The number of nitrogens with zero attached hydrogens (tertiary/aromatic N) is 1. The van der Waals surface area contributed by atoms with Gasteiger partial charge in [-0.25, -0.2) is 0 Å². The Hall–Kier alpha value is -4.50. The standard InChI is InChI=1S/C35H35N3/c1-38(2)34-23-17-31(18-24-34)35(29-13-19-32(20-14-29)36-25-27-9-5-3-6-10-27)30-15-21-33(22-16-30)37-26-28-11-7-4-8-12-28/h3-24,35-37H,25-26H2,1-2H3. The van der Waals surface area contributed by atoms with Crippen molar-refractivity contribution in [3.05, 3.63) is 161 Å². The van der Waals surface area contributed by atoms with E-state index in [1.807, 2.05) is 0 Å². The molecule has 0 bridgehead atoms. The SMILES string of the molecule is CN(C)c1ccc(C(c2ccc(NCc3ccccc3)cc2)c2ccc(NCc3ccccc3)cc2)cc1. The fraction of sp³-hybridized carbons (Fsp3) is 0.143. The number of benzene rings is 5. The molecule has 0 fully saturated rings. The molecule has 0 saturated heterocycles. The lowest BCUT2D eigenvalue weighted by Crippen LogP contribution is -2.09. The quantitative estimate of drug-likeness (QED) is 0.191. The van der Waals surface area contributed by atoms with E-state index in [1.54, 1.807) is 0 Å². The Balaban J connectivity index is 1.37. The third-order valence-corrected chi connectivity index (χ3v) is 6.91. The zero-order valence-corrected chi connectivity index (χ0v) is 22.1. The first-order chi connectivity index (χ1) is 18.7. The molecule has 0 unspecified atom stereocenters. The Kier molecular flexibility index (Phi) is 8.05. The second-order valence-electron chi connectivity index (χ2n) is 9.84. The Morgan fingerprint density at radius 2 is 0.842 bits per heavy atom. The van der Waals surface area contributed by atoms with Gasteiger partial charge in [0.15, 0.2) is 0 Å². The summed E-state index contributed by atoms with van der Waals surface area (Å²) in [7, 11) is 4.16. The van der Waals surface area contributed by atoms with Crippen molar-refractivity contribution in [3.63, 3.8) is 0 Å². The second kappa shape index (κ2) is 12.2. The van der Waals surface area contributed by atoms with Crippen LogP contribution < -0.4 is 15.5 Å². The zero-order chi connectivity index (χ0) is 26.2. The Labute approximate surface area is 226 Å². The molecule has 5 aromatic carbocycles. The van der Waals surface area contributed by atoms with Gasteiger partial charge in [0.2, 0.25) is 0 Å². The van der Waals surface area contributed by atoms with Gasteiger partial charge in [-0.3, -0.25) is 0 Å². The van der Waals surface area contributed by atoms with Crippen molar-refractivity contribution in [3.8, 4) is 0 Å². The summed E-state index contributed by atoms with van der Waals surface area (Å²) < 4.78 is 0. The van der Waals surface area contributed by atoms with Gasteiger partial charge in [0.1, 0.15) is 0 Å². The van der Waals surface area contributed by atoms with Crippen LogP contribution in [0.2, 0.25) is 0 Å². The summed E-state index contributed by atoms with van der Waals surface area (Å²) in [6.07, 6.45) is 0. The number of anilines is 3. The smallest absolute Gasteiger partial charge is 0.0400 e. The molecule has 38 heavy (non-hydrogen) atoms. The highest BCUT2D eigenvalue weighted by Gasteiger charge is 2.17. The van der Waals surface area contributed by atoms with Crippen LogP contribution in [0.25, 0.3) is 0 Å². The molecule has 190 valence electrons. The zero-order valence-electron chi connectivity index (χ0n) is 22.1. The molecule has 0 atom stereocenters. The van der Waals surface area contributed by atoms with Crippen molar-refractivity contribution in [2.24, 2.45) is 0 Å². The largest absolute Gasteiger partial charge is 0.381 e. The van der Waals surface area contributed by atoms with Gasteiger partial charge < -0.3 is 15.5 Å². The van der Waals surface area contributed by atoms with Gasteiger partial charge in [0.25, 0.3) is 0 Å². The van der Waals surface area contributed by atoms with Gasteiger partial charge >= 0.3 is 0 Å². The van der Waals surface area contributed by atoms with E-state index in [0.29, 0.717) is 0 Å². The average Bonchev–Trinajstić information content (AvgIpc) is 2.98. The maximum Gasteiger partial charge on any atom is 0.0400 e. The number of hydrogen-bond acceptors (Lipinski definition) is 3. The fourth-order valence-corrected chi connectivity index (χ4v) is 4.73. The molecule has 0 aliphatic carbocycles. The first-order valence-corrected chi connectivity index (χ1v) is 13.2. The summed E-state index contributed by atoms with van der Waals surface area (Å²) >= 11 is 0. The van der Waals surface area contributed by atoms with Crippen molar-refractivity contribution < 1.29 is 0 Å². The van der Waals surface area contributed by atoms with Crippen LogP contribution in [-0.2, 0) is 13.1 Å². The molecule has 2 N–H and O–H groups in total. The second-order valence-corrected chi connectivity index (χ2v) is 9.84. The molecule has 0 aliphatic rings. The molecule has 5 rings (SSSR count). The summed E-state index contributed by atoms with van der Waals surface area (Å²) in [6, 6.07) is 47.7. The summed E-state index contributed by atoms with van der Waals surface area (Å²) in [5.74, 6) is 0.151. The first-order valence-electron chi connectivity index (χ1n) is 13.2. The van der Waals surface area contributed by atoms with Crippen LogP contribution in [0.1, 0.15) is 33.7 Å². The molecule has 0 saturated carbocycles. The average molecular weight is 498 g/mol. The first kappa shape index (κ1) is 25.2. The molecule has 0 spiro atoms. The lowest BCUT2D eigenvalue weighted by molar-refractivity contribution is 0.974. The van der Waals surface area contributed by atoms with Crippen LogP contribution in [-0.4, -0.2) is 14.1 Å².